The first-order valence-electron chi connectivity index (χ1n) is 17.6. The maximum atomic E-state index is 15.4. The number of imide groups is 2. The van der Waals surface area contributed by atoms with Crippen molar-refractivity contribution in [1.29, 1.82) is 0 Å². The first kappa shape index (κ1) is 36.9. The highest BCUT2D eigenvalue weighted by atomic mass is 35.5. The summed E-state index contributed by atoms with van der Waals surface area (Å²) in [6.07, 6.45) is 1.93. The average Bonchev–Trinajstić information content (AvgIpc) is 3.56. The number of hydrazine groups is 1. The largest absolute Gasteiger partial charge is 0.507 e. The van der Waals surface area contributed by atoms with E-state index in [1.54, 1.807) is 42.5 Å². The smallest absolute Gasteiger partial charge is 0.339 e. The number of methoxy groups -OCH3 is 2. The van der Waals surface area contributed by atoms with Crippen LogP contribution in [0.1, 0.15) is 40.2 Å². The first-order valence-corrected chi connectivity index (χ1v) is 18.3. The zero-order valence-electron chi connectivity index (χ0n) is 29.7. The fraction of sp³-hybridized carbons (Fsp3) is 0.244. The van der Waals surface area contributed by atoms with Gasteiger partial charge in [-0.3, -0.25) is 24.6 Å². The van der Waals surface area contributed by atoms with E-state index in [0.717, 1.165) is 22.0 Å². The summed E-state index contributed by atoms with van der Waals surface area (Å²) in [5.74, 6) is -8.56. The molecule has 4 amide bonds. The van der Waals surface area contributed by atoms with Crippen LogP contribution in [0.2, 0.25) is 10.0 Å². The van der Waals surface area contributed by atoms with E-state index in [4.69, 9.17) is 32.7 Å². The third-order valence-corrected chi connectivity index (χ3v) is 12.1. The second-order valence-electron chi connectivity index (χ2n) is 14.2. The van der Waals surface area contributed by atoms with Crippen molar-refractivity contribution in [3.05, 3.63) is 117 Å². The van der Waals surface area contributed by atoms with Crippen molar-refractivity contribution in [2.75, 3.05) is 24.5 Å². The number of carbonyl (C=O) groups excluding carboxylic acids is 4. The molecule has 1 saturated carbocycles. The number of aromatic carboxylic acids is 1. The Labute approximate surface area is 329 Å². The SMILES string of the molecule is COc1ccc([C@@]23C(=O)N(Nc4ccc(Cl)cc4Cl)C(=O)[C@@H]2C[C@@H]2C(=CC[C@@H]4C(=O)N(c5ccc(C(=O)O)c(O)c5)C(=O)[C@@H]42)[C@@H]3c2ccc(OC)c(O)c2)cc1. The molecule has 4 aromatic rings. The molecular weight excluding hydrogens is 765 g/mol. The molecule has 2 heterocycles. The van der Waals surface area contributed by atoms with Gasteiger partial charge >= 0.3 is 5.97 Å². The summed E-state index contributed by atoms with van der Waals surface area (Å²) in [4.78, 5) is 71.5. The van der Waals surface area contributed by atoms with Gasteiger partial charge in [-0.15, -0.1) is 0 Å². The predicted molar refractivity (Wildman–Crippen MR) is 203 cm³/mol. The third kappa shape index (κ3) is 5.40. The number of ether oxygens (including phenoxy) is 2. The Morgan fingerprint density at radius 3 is 2.23 bits per heavy atom. The quantitative estimate of drug-likeness (QED) is 0.116. The highest BCUT2D eigenvalue weighted by Gasteiger charge is 2.70. The molecule has 286 valence electrons. The Bertz CT molecular complexity index is 2400. The number of hydrogen-bond acceptors (Lipinski definition) is 10. The summed E-state index contributed by atoms with van der Waals surface area (Å²) in [5.41, 5.74) is 2.67. The number of phenolic OH excluding ortho intramolecular Hbond substituents is 1. The lowest BCUT2D eigenvalue weighted by Gasteiger charge is -2.50. The number of nitrogens with one attached hydrogen (secondary N) is 1. The van der Waals surface area contributed by atoms with Gasteiger partial charge in [-0.05, 0) is 84.5 Å². The number of anilines is 2. The summed E-state index contributed by atoms with van der Waals surface area (Å²) in [6, 6.07) is 19.6. The minimum Gasteiger partial charge on any atom is -0.507 e. The monoisotopic (exact) mass is 797 g/mol. The van der Waals surface area contributed by atoms with Gasteiger partial charge in [-0.1, -0.05) is 53.1 Å². The van der Waals surface area contributed by atoms with E-state index in [9.17, 15) is 34.5 Å². The molecule has 2 aliphatic carbocycles. The summed E-state index contributed by atoms with van der Waals surface area (Å²) < 4.78 is 10.8. The number of amides is 4. The average molecular weight is 799 g/mol. The molecule has 3 fully saturated rings. The Kier molecular flexibility index (Phi) is 8.97. The van der Waals surface area contributed by atoms with E-state index >= 15 is 4.79 Å². The highest BCUT2D eigenvalue weighted by molar-refractivity contribution is 6.36. The second kappa shape index (κ2) is 13.6. The van der Waals surface area contributed by atoms with Crippen LogP contribution in [0.3, 0.4) is 0 Å². The standard InChI is InChI=1S/C41H33Cl2N3O10/c1-55-23-8-4-20(5-9-23)41-28(37(50)46(40(41)54)44-30-13-6-21(42)16-29(30)43)18-27-24(35(41)19-3-14-33(56-2)32(48)15-19)11-12-26-34(27)38(51)45(36(26)49)22-7-10-25(39(52)53)31(47)17-22/h3-11,13-17,26-28,34-35,44,47-48H,12,18H2,1-2H3,(H,52,53)/t26-,27+,28-,34-,35-,41+/m0/s1. The van der Waals surface area contributed by atoms with Crippen LogP contribution in [0, 0.1) is 23.7 Å². The van der Waals surface area contributed by atoms with Gasteiger partial charge in [0.25, 0.3) is 11.8 Å². The zero-order chi connectivity index (χ0) is 39.8. The number of halogens is 2. The van der Waals surface area contributed by atoms with Crippen molar-refractivity contribution < 1.29 is 48.8 Å². The topological polar surface area (TPSA) is 183 Å². The number of nitrogens with zero attached hydrogens (tertiary/aromatic N) is 2. The fourth-order valence-electron chi connectivity index (χ4n) is 9.20. The van der Waals surface area contributed by atoms with Crippen molar-refractivity contribution in [1.82, 2.24) is 5.01 Å². The van der Waals surface area contributed by atoms with Crippen molar-refractivity contribution >= 4 is 64.2 Å². The van der Waals surface area contributed by atoms with Gasteiger partial charge in [-0.2, -0.15) is 5.01 Å². The van der Waals surface area contributed by atoms with Crippen LogP contribution in [0.15, 0.2) is 90.5 Å². The van der Waals surface area contributed by atoms with E-state index in [-0.39, 0.29) is 40.7 Å². The molecule has 15 heteroatoms. The van der Waals surface area contributed by atoms with Crippen molar-refractivity contribution in [3.63, 3.8) is 0 Å². The maximum absolute atomic E-state index is 15.4. The number of aromatic hydroxyl groups is 2. The van der Waals surface area contributed by atoms with E-state index in [1.807, 2.05) is 6.08 Å². The first-order chi connectivity index (χ1) is 26.8. The Morgan fingerprint density at radius 1 is 0.839 bits per heavy atom. The second-order valence-corrected chi connectivity index (χ2v) is 15.0. The number of fused-ring (bicyclic) bond motifs is 4. The fourth-order valence-corrected chi connectivity index (χ4v) is 9.65. The molecule has 0 radical (unpaired) electrons. The number of rotatable bonds is 8. The molecule has 2 saturated heterocycles. The third-order valence-electron chi connectivity index (χ3n) is 11.6. The molecule has 4 aliphatic rings. The van der Waals surface area contributed by atoms with E-state index in [0.29, 0.717) is 27.5 Å². The van der Waals surface area contributed by atoms with Gasteiger partial charge in [0, 0.05) is 17.0 Å². The van der Waals surface area contributed by atoms with Crippen LogP contribution in [0.4, 0.5) is 11.4 Å². The zero-order valence-corrected chi connectivity index (χ0v) is 31.2. The maximum Gasteiger partial charge on any atom is 0.339 e. The minimum atomic E-state index is -1.66. The van der Waals surface area contributed by atoms with Crippen LogP contribution in [-0.2, 0) is 24.6 Å². The molecule has 0 aromatic heterocycles. The number of phenols is 2. The number of allylic oxidation sites excluding steroid dienone is 2. The molecule has 4 aromatic carbocycles. The summed E-state index contributed by atoms with van der Waals surface area (Å²) in [6.45, 7) is 0. The Hall–Kier alpha value is -6.05. The molecule has 0 spiro atoms. The van der Waals surface area contributed by atoms with Crippen molar-refractivity contribution in [3.8, 4) is 23.0 Å². The number of carboxylic acids is 1. The van der Waals surface area contributed by atoms with E-state index in [1.165, 1.54) is 38.5 Å². The molecular formula is C41H33Cl2N3O10. The lowest BCUT2D eigenvalue weighted by atomic mass is 9.49. The lowest BCUT2D eigenvalue weighted by molar-refractivity contribution is -0.138. The van der Waals surface area contributed by atoms with Gasteiger partial charge in [-0.25, -0.2) is 9.69 Å². The predicted octanol–water partition coefficient (Wildman–Crippen LogP) is 6.31. The van der Waals surface area contributed by atoms with E-state index in [2.05, 4.69) is 5.43 Å². The molecule has 0 unspecified atom stereocenters. The molecule has 2 aliphatic heterocycles. The number of carbonyl (C=O) groups is 5. The molecule has 6 atom stereocenters. The summed E-state index contributed by atoms with van der Waals surface area (Å²) >= 11 is 12.7. The minimum absolute atomic E-state index is 0.000745. The molecule has 56 heavy (non-hydrogen) atoms. The van der Waals surface area contributed by atoms with Crippen molar-refractivity contribution in [2.45, 2.75) is 24.2 Å². The molecule has 8 rings (SSSR count). The highest BCUT2D eigenvalue weighted by Crippen LogP contribution is 2.64. The Balaban J connectivity index is 1.32. The summed E-state index contributed by atoms with van der Waals surface area (Å²) in [5, 5.41) is 32.5. The van der Waals surface area contributed by atoms with Crippen molar-refractivity contribution in [2.24, 2.45) is 23.7 Å². The van der Waals surface area contributed by atoms with E-state index < -0.39 is 75.9 Å². The Morgan fingerprint density at radius 2 is 1.59 bits per heavy atom. The number of hydrogen-bond donors (Lipinski definition) is 4. The van der Waals surface area contributed by atoms with Crippen LogP contribution in [-0.4, -0.2) is 64.1 Å². The van der Waals surface area contributed by atoms with Gasteiger partial charge in [0.2, 0.25) is 11.8 Å². The summed E-state index contributed by atoms with van der Waals surface area (Å²) in [7, 11) is 2.91. The normalized spacial score (nSPS) is 25.4. The lowest BCUT2D eigenvalue weighted by Crippen LogP contribution is -2.53. The van der Waals surface area contributed by atoms with Gasteiger partial charge in [0.1, 0.15) is 17.1 Å². The number of benzene rings is 4. The van der Waals surface area contributed by atoms with Crippen LogP contribution in [0.25, 0.3) is 0 Å². The van der Waals surface area contributed by atoms with Crippen LogP contribution in [0.5, 0.6) is 23.0 Å². The van der Waals surface area contributed by atoms with Gasteiger partial charge < -0.3 is 24.8 Å². The van der Waals surface area contributed by atoms with Gasteiger partial charge in [0.15, 0.2) is 11.5 Å². The molecule has 13 nitrogen and oxygen atoms in total. The van der Waals surface area contributed by atoms with Crippen LogP contribution >= 0.6 is 23.2 Å². The number of carboxylic acid groups (broad SMARTS) is 1. The van der Waals surface area contributed by atoms with Crippen LogP contribution < -0.4 is 19.8 Å². The van der Waals surface area contributed by atoms with Gasteiger partial charge in [0.05, 0.1) is 53.8 Å². The molecule has 0 bridgehead atoms. The molecule has 4 N–H and O–H groups in total.